The molecule has 0 spiro atoms. The lowest BCUT2D eigenvalue weighted by molar-refractivity contribution is 0.102. The minimum Gasteiger partial charge on any atom is -0.495 e. The first-order valence-electron chi connectivity index (χ1n) is 7.09. The number of benzene rings is 2. The average molecular weight is 282 g/mol. The van der Waals surface area contributed by atoms with Gasteiger partial charge < -0.3 is 15.4 Å². The van der Waals surface area contributed by atoms with Crippen LogP contribution >= 0.6 is 0 Å². The van der Waals surface area contributed by atoms with Crippen molar-refractivity contribution < 1.29 is 9.53 Å². The van der Waals surface area contributed by atoms with Crippen molar-refractivity contribution in [2.75, 3.05) is 24.3 Å². The number of hydrogen-bond donors (Lipinski definition) is 2. The molecule has 21 heavy (non-hydrogen) atoms. The summed E-state index contributed by atoms with van der Waals surface area (Å²) in [4.78, 5) is 12.4. The lowest BCUT2D eigenvalue weighted by atomic mass is 10.0. The van der Waals surface area contributed by atoms with Crippen LogP contribution in [0, 0.1) is 0 Å². The van der Waals surface area contributed by atoms with Crippen LogP contribution in [-0.4, -0.2) is 19.6 Å². The highest BCUT2D eigenvalue weighted by molar-refractivity contribution is 6.05. The van der Waals surface area contributed by atoms with Crippen molar-refractivity contribution in [1.29, 1.82) is 0 Å². The number of nitrogens with one attached hydrogen (secondary N) is 2. The van der Waals surface area contributed by atoms with Crippen molar-refractivity contribution in [1.82, 2.24) is 0 Å². The van der Waals surface area contributed by atoms with Gasteiger partial charge in [-0.2, -0.15) is 0 Å². The van der Waals surface area contributed by atoms with E-state index in [9.17, 15) is 4.79 Å². The molecule has 2 N–H and O–H groups in total. The summed E-state index contributed by atoms with van der Waals surface area (Å²) in [6.45, 7) is 1.000. The second-order valence-electron chi connectivity index (χ2n) is 5.06. The van der Waals surface area contributed by atoms with Crippen LogP contribution < -0.4 is 15.4 Å². The van der Waals surface area contributed by atoms with Crippen LogP contribution in [0.5, 0.6) is 5.75 Å². The molecule has 1 amide bonds. The number of methoxy groups -OCH3 is 1. The summed E-state index contributed by atoms with van der Waals surface area (Å²) in [5.41, 5.74) is 3.69. The molecular weight excluding hydrogens is 264 g/mol. The topological polar surface area (TPSA) is 50.4 Å². The van der Waals surface area contributed by atoms with Crippen LogP contribution in [0.2, 0.25) is 0 Å². The smallest absolute Gasteiger partial charge is 0.255 e. The van der Waals surface area contributed by atoms with Gasteiger partial charge in [0.25, 0.3) is 5.91 Å². The van der Waals surface area contributed by atoms with Crippen molar-refractivity contribution >= 4 is 17.3 Å². The second-order valence-corrected chi connectivity index (χ2v) is 5.06. The van der Waals surface area contributed by atoms with Crippen molar-refractivity contribution in [3.63, 3.8) is 0 Å². The van der Waals surface area contributed by atoms with Gasteiger partial charge in [-0.3, -0.25) is 4.79 Å². The average Bonchev–Trinajstić information content (AvgIpc) is 2.55. The SMILES string of the molecule is COc1ccccc1NC(=O)c1ccc2c(c1)CCCN2. The van der Waals surface area contributed by atoms with Gasteiger partial charge in [-0.1, -0.05) is 12.1 Å². The zero-order valence-corrected chi connectivity index (χ0v) is 12.0. The lowest BCUT2D eigenvalue weighted by Gasteiger charge is -2.18. The van der Waals surface area contributed by atoms with E-state index in [1.54, 1.807) is 7.11 Å². The number of carbonyl (C=O) groups is 1. The van der Waals surface area contributed by atoms with E-state index < -0.39 is 0 Å². The van der Waals surface area contributed by atoms with E-state index in [1.165, 1.54) is 5.56 Å². The standard InChI is InChI=1S/C17H18N2O2/c1-21-16-7-3-2-6-15(16)19-17(20)13-8-9-14-12(11-13)5-4-10-18-14/h2-3,6-9,11,18H,4-5,10H2,1H3,(H,19,20). The Morgan fingerprint density at radius 1 is 1.24 bits per heavy atom. The molecule has 4 nitrogen and oxygen atoms in total. The third-order valence-corrected chi connectivity index (χ3v) is 3.66. The molecule has 0 aromatic heterocycles. The molecule has 0 radical (unpaired) electrons. The van der Waals surface area contributed by atoms with Gasteiger partial charge in [-0.15, -0.1) is 0 Å². The van der Waals surface area contributed by atoms with Crippen molar-refractivity contribution in [2.24, 2.45) is 0 Å². The van der Waals surface area contributed by atoms with Crippen LogP contribution in [0.15, 0.2) is 42.5 Å². The largest absolute Gasteiger partial charge is 0.495 e. The van der Waals surface area contributed by atoms with Gasteiger partial charge in [0.2, 0.25) is 0 Å². The minimum absolute atomic E-state index is 0.118. The molecule has 0 saturated heterocycles. The zero-order chi connectivity index (χ0) is 14.7. The van der Waals surface area contributed by atoms with Gasteiger partial charge in [0, 0.05) is 17.8 Å². The summed E-state index contributed by atoms with van der Waals surface area (Å²) < 4.78 is 5.25. The molecule has 1 aliphatic heterocycles. The molecule has 3 rings (SSSR count). The summed E-state index contributed by atoms with van der Waals surface area (Å²) in [6, 6.07) is 13.2. The number of para-hydroxylation sites is 2. The fourth-order valence-electron chi connectivity index (χ4n) is 2.56. The van der Waals surface area contributed by atoms with E-state index in [0.29, 0.717) is 17.0 Å². The Morgan fingerprint density at radius 3 is 2.95 bits per heavy atom. The molecule has 2 aromatic rings. The molecule has 0 atom stereocenters. The molecule has 0 aliphatic carbocycles. The van der Waals surface area contributed by atoms with E-state index in [2.05, 4.69) is 10.6 Å². The fraction of sp³-hybridized carbons (Fsp3) is 0.235. The molecule has 0 saturated carbocycles. The van der Waals surface area contributed by atoms with Crippen molar-refractivity contribution in [3.8, 4) is 5.75 Å². The van der Waals surface area contributed by atoms with Crippen LogP contribution in [-0.2, 0) is 6.42 Å². The van der Waals surface area contributed by atoms with Crippen LogP contribution in [0.1, 0.15) is 22.3 Å². The first-order valence-corrected chi connectivity index (χ1v) is 7.09. The predicted octanol–water partition coefficient (Wildman–Crippen LogP) is 3.31. The Hall–Kier alpha value is -2.49. The summed E-state index contributed by atoms with van der Waals surface area (Å²) in [6.07, 6.45) is 2.11. The van der Waals surface area contributed by atoms with E-state index in [1.807, 2.05) is 42.5 Å². The monoisotopic (exact) mass is 282 g/mol. The number of ether oxygens (including phenoxy) is 1. The normalized spacial score (nSPS) is 13.0. The highest BCUT2D eigenvalue weighted by Gasteiger charge is 2.13. The third kappa shape index (κ3) is 2.84. The Kier molecular flexibility index (Phi) is 3.77. The van der Waals surface area contributed by atoms with Crippen molar-refractivity contribution in [3.05, 3.63) is 53.6 Å². The van der Waals surface area contributed by atoms with Gasteiger partial charge in [-0.05, 0) is 48.7 Å². The van der Waals surface area contributed by atoms with Crippen molar-refractivity contribution in [2.45, 2.75) is 12.8 Å². The first kappa shape index (κ1) is 13.5. The Labute approximate surface area is 124 Å². The maximum Gasteiger partial charge on any atom is 0.255 e. The number of anilines is 2. The minimum atomic E-state index is -0.118. The van der Waals surface area contributed by atoms with Gasteiger partial charge in [0.1, 0.15) is 5.75 Å². The van der Waals surface area contributed by atoms with Gasteiger partial charge >= 0.3 is 0 Å². The molecule has 0 fully saturated rings. The summed E-state index contributed by atoms with van der Waals surface area (Å²) in [5, 5.41) is 6.25. The molecule has 0 bridgehead atoms. The van der Waals surface area contributed by atoms with E-state index >= 15 is 0 Å². The predicted molar refractivity (Wildman–Crippen MR) is 84.2 cm³/mol. The Bertz CT molecular complexity index is 668. The summed E-state index contributed by atoms with van der Waals surface area (Å²) in [7, 11) is 1.59. The zero-order valence-electron chi connectivity index (χ0n) is 12.0. The summed E-state index contributed by atoms with van der Waals surface area (Å²) in [5.74, 6) is 0.540. The highest BCUT2D eigenvalue weighted by atomic mass is 16.5. The fourth-order valence-corrected chi connectivity index (χ4v) is 2.56. The molecule has 0 unspecified atom stereocenters. The van der Waals surface area contributed by atoms with E-state index in [-0.39, 0.29) is 5.91 Å². The van der Waals surface area contributed by atoms with Crippen LogP contribution in [0.25, 0.3) is 0 Å². The van der Waals surface area contributed by atoms with E-state index in [4.69, 9.17) is 4.74 Å². The van der Waals surface area contributed by atoms with Gasteiger partial charge in [0.15, 0.2) is 0 Å². The number of amides is 1. The molecular formula is C17H18N2O2. The number of carbonyl (C=O) groups excluding carboxylic acids is 1. The van der Waals surface area contributed by atoms with Crippen LogP contribution in [0.3, 0.4) is 0 Å². The number of rotatable bonds is 3. The molecule has 1 aliphatic rings. The molecule has 1 heterocycles. The number of fused-ring (bicyclic) bond motifs is 1. The quantitative estimate of drug-likeness (QED) is 0.908. The Balaban J connectivity index is 1.82. The maximum atomic E-state index is 12.4. The molecule has 108 valence electrons. The third-order valence-electron chi connectivity index (χ3n) is 3.66. The summed E-state index contributed by atoms with van der Waals surface area (Å²) >= 11 is 0. The number of aryl methyl sites for hydroxylation is 1. The highest BCUT2D eigenvalue weighted by Crippen LogP contribution is 2.26. The maximum absolute atomic E-state index is 12.4. The van der Waals surface area contributed by atoms with Gasteiger partial charge in [0.05, 0.1) is 12.8 Å². The second kappa shape index (κ2) is 5.87. The van der Waals surface area contributed by atoms with E-state index in [0.717, 1.165) is 25.1 Å². The number of hydrogen-bond acceptors (Lipinski definition) is 3. The lowest BCUT2D eigenvalue weighted by Crippen LogP contribution is -2.16. The first-order chi connectivity index (χ1) is 10.3. The van der Waals surface area contributed by atoms with Crippen LogP contribution in [0.4, 0.5) is 11.4 Å². The molecule has 4 heteroatoms. The molecule has 2 aromatic carbocycles. The van der Waals surface area contributed by atoms with Gasteiger partial charge in [-0.25, -0.2) is 0 Å². The Morgan fingerprint density at radius 2 is 2.10 bits per heavy atom.